The molecule has 25 heavy (non-hydrogen) atoms. The first-order valence-corrected chi connectivity index (χ1v) is 13.3. The summed E-state index contributed by atoms with van der Waals surface area (Å²) in [7, 11) is -1.30. The van der Waals surface area contributed by atoms with E-state index in [-0.39, 0.29) is 0 Å². The SMILES string of the molecule is C[Si](C)(C)c1ccc(N(c2ccc(Br)cc2)c2ccc(Br)cc2)cc1. The molecule has 128 valence electrons. The summed E-state index contributed by atoms with van der Waals surface area (Å²) < 4.78 is 2.17. The monoisotopic (exact) mass is 473 g/mol. The van der Waals surface area contributed by atoms with E-state index in [1.165, 1.54) is 10.9 Å². The maximum absolute atomic E-state index is 3.53. The molecule has 0 spiro atoms. The molecular formula is C21H21Br2NSi. The molecule has 3 rings (SSSR count). The zero-order chi connectivity index (χ0) is 18.0. The third-order valence-corrected chi connectivity index (χ3v) is 7.28. The van der Waals surface area contributed by atoms with Crippen LogP contribution >= 0.6 is 31.9 Å². The number of anilines is 3. The highest BCUT2D eigenvalue weighted by Crippen LogP contribution is 2.35. The van der Waals surface area contributed by atoms with Gasteiger partial charge in [-0.3, -0.25) is 0 Å². The zero-order valence-electron chi connectivity index (χ0n) is 14.6. The van der Waals surface area contributed by atoms with Gasteiger partial charge in [0, 0.05) is 26.0 Å². The third-order valence-electron chi connectivity index (χ3n) is 4.16. The van der Waals surface area contributed by atoms with Gasteiger partial charge in [-0.1, -0.05) is 68.8 Å². The van der Waals surface area contributed by atoms with Gasteiger partial charge in [-0.25, -0.2) is 0 Å². The Kier molecular flexibility index (Phi) is 5.51. The zero-order valence-corrected chi connectivity index (χ0v) is 18.8. The van der Waals surface area contributed by atoms with Gasteiger partial charge < -0.3 is 4.90 Å². The highest BCUT2D eigenvalue weighted by molar-refractivity contribution is 9.10. The van der Waals surface area contributed by atoms with E-state index in [2.05, 4.69) is 129 Å². The van der Waals surface area contributed by atoms with Crippen LogP contribution in [-0.2, 0) is 0 Å². The Balaban J connectivity index is 2.07. The quantitative estimate of drug-likeness (QED) is 0.360. The molecule has 0 aliphatic rings. The fourth-order valence-corrected chi connectivity index (χ4v) is 4.43. The van der Waals surface area contributed by atoms with E-state index in [4.69, 9.17) is 0 Å². The number of halogens is 2. The lowest BCUT2D eigenvalue weighted by molar-refractivity contribution is 1.28. The molecular weight excluding hydrogens is 454 g/mol. The summed E-state index contributed by atoms with van der Waals surface area (Å²) in [5, 5.41) is 1.47. The van der Waals surface area contributed by atoms with E-state index in [1.54, 1.807) is 0 Å². The van der Waals surface area contributed by atoms with Crippen molar-refractivity contribution in [2.75, 3.05) is 4.90 Å². The first-order valence-electron chi connectivity index (χ1n) is 8.26. The largest absolute Gasteiger partial charge is 0.311 e. The van der Waals surface area contributed by atoms with E-state index in [0.29, 0.717) is 0 Å². The maximum atomic E-state index is 3.53. The average Bonchev–Trinajstić information content (AvgIpc) is 2.58. The molecule has 0 aliphatic carbocycles. The second-order valence-corrected chi connectivity index (χ2v) is 14.0. The van der Waals surface area contributed by atoms with Crippen LogP contribution in [0, 0.1) is 0 Å². The molecule has 0 unspecified atom stereocenters. The van der Waals surface area contributed by atoms with Crippen LogP contribution in [0.15, 0.2) is 81.7 Å². The van der Waals surface area contributed by atoms with Crippen LogP contribution in [0.4, 0.5) is 17.1 Å². The van der Waals surface area contributed by atoms with Crippen LogP contribution in [0.2, 0.25) is 19.6 Å². The van der Waals surface area contributed by atoms with Gasteiger partial charge in [-0.2, -0.15) is 0 Å². The predicted molar refractivity (Wildman–Crippen MR) is 120 cm³/mol. The molecule has 0 aliphatic heterocycles. The molecule has 0 amide bonds. The van der Waals surface area contributed by atoms with Gasteiger partial charge in [0.25, 0.3) is 0 Å². The van der Waals surface area contributed by atoms with Gasteiger partial charge >= 0.3 is 0 Å². The van der Waals surface area contributed by atoms with Crippen molar-refractivity contribution in [3.63, 3.8) is 0 Å². The molecule has 0 bridgehead atoms. The van der Waals surface area contributed by atoms with Gasteiger partial charge in [0.2, 0.25) is 0 Å². The third kappa shape index (κ3) is 4.43. The minimum Gasteiger partial charge on any atom is -0.311 e. The van der Waals surface area contributed by atoms with Crippen LogP contribution in [-0.4, -0.2) is 8.07 Å². The van der Waals surface area contributed by atoms with E-state index in [0.717, 1.165) is 20.3 Å². The summed E-state index contributed by atoms with van der Waals surface area (Å²) in [5.74, 6) is 0. The Bertz CT molecular complexity index is 790. The minimum absolute atomic E-state index is 1.08. The second-order valence-electron chi connectivity index (χ2n) is 7.09. The van der Waals surface area contributed by atoms with Crippen molar-refractivity contribution in [3.05, 3.63) is 81.7 Å². The summed E-state index contributed by atoms with van der Waals surface area (Å²) >= 11 is 7.06. The van der Waals surface area contributed by atoms with E-state index < -0.39 is 8.07 Å². The van der Waals surface area contributed by atoms with E-state index in [9.17, 15) is 0 Å². The highest BCUT2D eigenvalue weighted by atomic mass is 79.9. The highest BCUT2D eigenvalue weighted by Gasteiger charge is 2.17. The van der Waals surface area contributed by atoms with Gasteiger partial charge in [-0.15, -0.1) is 0 Å². The molecule has 4 heteroatoms. The summed E-state index contributed by atoms with van der Waals surface area (Å²) in [4.78, 5) is 2.28. The predicted octanol–water partition coefficient (Wildman–Crippen LogP) is 7.23. The van der Waals surface area contributed by atoms with Crippen LogP contribution in [0.5, 0.6) is 0 Å². The minimum atomic E-state index is -1.30. The summed E-state index contributed by atoms with van der Waals surface area (Å²) in [6.07, 6.45) is 0. The Morgan fingerprint density at radius 1 is 0.560 bits per heavy atom. The van der Waals surface area contributed by atoms with Gasteiger partial charge in [0.15, 0.2) is 0 Å². The Hall–Kier alpha value is -1.36. The van der Waals surface area contributed by atoms with Crippen LogP contribution in [0.1, 0.15) is 0 Å². The van der Waals surface area contributed by atoms with Crippen LogP contribution in [0.25, 0.3) is 0 Å². The van der Waals surface area contributed by atoms with Crippen molar-refractivity contribution >= 4 is 62.2 Å². The first kappa shape index (κ1) is 18.4. The van der Waals surface area contributed by atoms with Crippen molar-refractivity contribution in [1.82, 2.24) is 0 Å². The van der Waals surface area contributed by atoms with E-state index >= 15 is 0 Å². The topological polar surface area (TPSA) is 3.24 Å². The lowest BCUT2D eigenvalue weighted by Crippen LogP contribution is -2.37. The lowest BCUT2D eigenvalue weighted by Gasteiger charge is -2.26. The van der Waals surface area contributed by atoms with E-state index in [1.807, 2.05) is 0 Å². The molecule has 0 radical (unpaired) electrons. The molecule has 0 aromatic heterocycles. The molecule has 0 atom stereocenters. The number of hydrogen-bond donors (Lipinski definition) is 0. The summed E-state index contributed by atoms with van der Waals surface area (Å²) in [5.41, 5.74) is 3.46. The molecule has 0 saturated carbocycles. The molecule has 0 fully saturated rings. The summed E-state index contributed by atoms with van der Waals surface area (Å²) in [6, 6.07) is 25.9. The van der Waals surface area contributed by atoms with Crippen molar-refractivity contribution in [1.29, 1.82) is 0 Å². The standard InChI is InChI=1S/C21H21Br2NSi/c1-25(2,3)21-14-12-20(13-15-21)24(18-8-4-16(22)5-9-18)19-10-6-17(23)7-11-19/h4-15H,1-3H3. The normalized spacial score (nSPS) is 11.4. The maximum Gasteiger partial charge on any atom is 0.0775 e. The molecule has 3 aromatic carbocycles. The Morgan fingerprint density at radius 3 is 1.20 bits per heavy atom. The van der Waals surface area contributed by atoms with Crippen LogP contribution in [0.3, 0.4) is 0 Å². The molecule has 0 saturated heterocycles. The lowest BCUT2D eigenvalue weighted by atomic mass is 10.2. The smallest absolute Gasteiger partial charge is 0.0775 e. The van der Waals surface area contributed by atoms with Crippen molar-refractivity contribution in [2.45, 2.75) is 19.6 Å². The van der Waals surface area contributed by atoms with Gasteiger partial charge in [0.05, 0.1) is 8.07 Å². The van der Waals surface area contributed by atoms with Gasteiger partial charge in [0.1, 0.15) is 0 Å². The van der Waals surface area contributed by atoms with Crippen molar-refractivity contribution in [3.8, 4) is 0 Å². The molecule has 1 nitrogen and oxygen atoms in total. The number of nitrogens with zero attached hydrogens (tertiary/aromatic N) is 1. The van der Waals surface area contributed by atoms with Gasteiger partial charge in [-0.05, 0) is 60.7 Å². The van der Waals surface area contributed by atoms with Crippen molar-refractivity contribution in [2.24, 2.45) is 0 Å². The summed E-state index contributed by atoms with van der Waals surface area (Å²) in [6.45, 7) is 7.13. The Morgan fingerprint density at radius 2 is 0.880 bits per heavy atom. The molecule has 0 heterocycles. The number of rotatable bonds is 4. The molecule has 3 aromatic rings. The Labute approximate surface area is 168 Å². The second kappa shape index (κ2) is 7.48. The first-order chi connectivity index (χ1) is 11.8. The number of benzene rings is 3. The fourth-order valence-electron chi connectivity index (χ4n) is 2.74. The average molecular weight is 475 g/mol. The van der Waals surface area contributed by atoms with Crippen LogP contribution < -0.4 is 10.1 Å². The van der Waals surface area contributed by atoms with Crippen molar-refractivity contribution < 1.29 is 0 Å². The fraction of sp³-hybridized carbons (Fsp3) is 0.143. The number of hydrogen-bond acceptors (Lipinski definition) is 1. The molecule has 0 N–H and O–H groups in total.